The molecule has 3 rings (SSSR count). The van der Waals surface area contributed by atoms with Crippen molar-refractivity contribution in [3.8, 4) is 0 Å². The van der Waals surface area contributed by atoms with Crippen LogP contribution in [0.15, 0.2) is 0 Å². The summed E-state index contributed by atoms with van der Waals surface area (Å²) < 4.78 is 0. The largest absolute Gasteiger partial charge is 0.396 e. The molecule has 92 valence electrons. The second kappa shape index (κ2) is 3.95. The molecule has 2 atom stereocenters. The van der Waals surface area contributed by atoms with Crippen molar-refractivity contribution in [1.82, 2.24) is 10.2 Å². The van der Waals surface area contributed by atoms with Crippen molar-refractivity contribution < 1.29 is 10.2 Å². The lowest BCUT2D eigenvalue weighted by Crippen LogP contribution is -2.49. The third-order valence-corrected chi connectivity index (χ3v) is 4.71. The summed E-state index contributed by atoms with van der Waals surface area (Å²) in [5.41, 5.74) is -0.462. The lowest BCUT2D eigenvalue weighted by atomic mass is 9.92. The Kier molecular flexibility index (Phi) is 2.70. The van der Waals surface area contributed by atoms with E-state index in [-0.39, 0.29) is 0 Å². The number of aliphatic hydroxyl groups is 2. The molecule has 0 amide bonds. The minimum Gasteiger partial charge on any atom is -0.396 e. The molecule has 1 saturated carbocycles. The molecule has 0 bridgehead atoms. The molecule has 2 saturated heterocycles. The highest BCUT2D eigenvalue weighted by atomic mass is 16.3. The van der Waals surface area contributed by atoms with Gasteiger partial charge in [-0.15, -0.1) is 0 Å². The minimum atomic E-state index is -0.462. The second-order valence-electron chi connectivity index (χ2n) is 5.84. The zero-order valence-corrected chi connectivity index (χ0v) is 9.73. The van der Waals surface area contributed by atoms with Gasteiger partial charge < -0.3 is 15.5 Å². The van der Waals surface area contributed by atoms with E-state index in [0.29, 0.717) is 12.5 Å². The zero-order chi connectivity index (χ0) is 11.2. The lowest BCUT2D eigenvalue weighted by Gasteiger charge is -2.36. The number of β-amino-alcohol motifs (C(OH)–C–C–N with tert-alkyl or cyclic N) is 1. The predicted molar refractivity (Wildman–Crippen MR) is 61.0 cm³/mol. The summed E-state index contributed by atoms with van der Waals surface area (Å²) in [4.78, 5) is 2.40. The van der Waals surface area contributed by atoms with E-state index in [4.69, 9.17) is 5.11 Å². The number of hydrogen-bond acceptors (Lipinski definition) is 4. The average molecular weight is 226 g/mol. The van der Waals surface area contributed by atoms with Gasteiger partial charge in [-0.25, -0.2) is 0 Å². The number of fused-ring (bicyclic) bond motifs is 1. The van der Waals surface area contributed by atoms with E-state index in [0.717, 1.165) is 57.4 Å². The number of rotatable bonds is 3. The van der Waals surface area contributed by atoms with Gasteiger partial charge in [0.15, 0.2) is 0 Å². The Hall–Kier alpha value is -0.160. The maximum atomic E-state index is 10.4. The van der Waals surface area contributed by atoms with Crippen LogP contribution in [0.5, 0.6) is 0 Å². The Labute approximate surface area is 96.6 Å². The van der Waals surface area contributed by atoms with Crippen LogP contribution in [-0.2, 0) is 0 Å². The Morgan fingerprint density at radius 3 is 2.38 bits per heavy atom. The van der Waals surface area contributed by atoms with Gasteiger partial charge in [0.05, 0.1) is 5.60 Å². The summed E-state index contributed by atoms with van der Waals surface area (Å²) in [7, 11) is 0. The summed E-state index contributed by atoms with van der Waals surface area (Å²) in [5.74, 6) is 2.00. The second-order valence-corrected chi connectivity index (χ2v) is 5.84. The van der Waals surface area contributed by atoms with Crippen molar-refractivity contribution in [2.45, 2.75) is 18.4 Å². The molecule has 0 aromatic heterocycles. The number of piperidine rings is 2. The van der Waals surface area contributed by atoms with Crippen molar-refractivity contribution >= 4 is 0 Å². The van der Waals surface area contributed by atoms with Gasteiger partial charge in [0.2, 0.25) is 0 Å². The first kappa shape index (κ1) is 11.0. The molecule has 0 spiro atoms. The van der Waals surface area contributed by atoms with E-state index in [1.807, 2.05) is 0 Å². The van der Waals surface area contributed by atoms with Gasteiger partial charge in [-0.3, -0.25) is 4.90 Å². The summed E-state index contributed by atoms with van der Waals surface area (Å²) >= 11 is 0. The number of nitrogens with one attached hydrogen (secondary N) is 1. The molecule has 0 aromatic carbocycles. The Morgan fingerprint density at radius 1 is 1.19 bits per heavy atom. The van der Waals surface area contributed by atoms with Crippen LogP contribution in [0.2, 0.25) is 0 Å². The molecule has 16 heavy (non-hydrogen) atoms. The fourth-order valence-corrected chi connectivity index (χ4v) is 3.60. The molecular formula is C12H22N2O2. The van der Waals surface area contributed by atoms with Crippen LogP contribution in [0.1, 0.15) is 12.8 Å². The molecule has 1 aliphatic carbocycles. The van der Waals surface area contributed by atoms with Crippen LogP contribution < -0.4 is 5.32 Å². The summed E-state index contributed by atoms with van der Waals surface area (Å²) in [6.07, 6.45) is 1.75. The van der Waals surface area contributed by atoms with Crippen molar-refractivity contribution in [3.63, 3.8) is 0 Å². The smallest absolute Gasteiger partial charge is 0.0798 e. The van der Waals surface area contributed by atoms with Crippen LogP contribution in [0.25, 0.3) is 0 Å². The van der Waals surface area contributed by atoms with Gasteiger partial charge in [0, 0.05) is 26.2 Å². The Morgan fingerprint density at radius 2 is 1.81 bits per heavy atom. The van der Waals surface area contributed by atoms with Crippen LogP contribution in [0.3, 0.4) is 0 Å². The van der Waals surface area contributed by atoms with Gasteiger partial charge in [0.1, 0.15) is 0 Å². The van der Waals surface area contributed by atoms with Crippen molar-refractivity contribution in [3.05, 3.63) is 0 Å². The molecule has 2 unspecified atom stereocenters. The van der Waals surface area contributed by atoms with Crippen molar-refractivity contribution in [2.24, 2.45) is 17.8 Å². The fraction of sp³-hybridized carbons (Fsp3) is 1.00. The van der Waals surface area contributed by atoms with Gasteiger partial charge in [-0.1, -0.05) is 0 Å². The zero-order valence-electron chi connectivity index (χ0n) is 9.73. The molecule has 3 N–H and O–H groups in total. The van der Waals surface area contributed by atoms with E-state index in [1.165, 1.54) is 0 Å². The first-order chi connectivity index (χ1) is 7.72. The fourth-order valence-electron chi connectivity index (χ4n) is 3.60. The maximum absolute atomic E-state index is 10.4. The lowest BCUT2D eigenvalue weighted by molar-refractivity contribution is -0.0194. The molecule has 3 fully saturated rings. The van der Waals surface area contributed by atoms with Gasteiger partial charge in [0.25, 0.3) is 0 Å². The van der Waals surface area contributed by atoms with Crippen LogP contribution >= 0.6 is 0 Å². The summed E-state index contributed by atoms with van der Waals surface area (Å²) in [5, 5.41) is 22.8. The first-order valence-electron chi connectivity index (χ1n) is 6.48. The van der Waals surface area contributed by atoms with Crippen molar-refractivity contribution in [2.75, 3.05) is 39.3 Å². The van der Waals surface area contributed by atoms with Gasteiger partial charge in [-0.2, -0.15) is 0 Å². The number of hydrogen-bond donors (Lipinski definition) is 3. The number of aliphatic hydroxyl groups excluding tert-OH is 1. The molecular weight excluding hydrogens is 204 g/mol. The van der Waals surface area contributed by atoms with Crippen LogP contribution in [0.4, 0.5) is 0 Å². The molecule has 2 aliphatic heterocycles. The highest BCUT2D eigenvalue weighted by Crippen LogP contribution is 2.51. The first-order valence-corrected chi connectivity index (χ1v) is 6.48. The highest BCUT2D eigenvalue weighted by molar-refractivity contribution is 5.05. The molecule has 0 aromatic rings. The maximum Gasteiger partial charge on any atom is 0.0798 e. The normalized spacial score (nSPS) is 42.0. The van der Waals surface area contributed by atoms with E-state index in [2.05, 4.69) is 10.2 Å². The monoisotopic (exact) mass is 226 g/mol. The molecule has 2 heterocycles. The van der Waals surface area contributed by atoms with Gasteiger partial charge in [-0.05, 0) is 43.7 Å². The van der Waals surface area contributed by atoms with E-state index >= 15 is 0 Å². The average Bonchev–Trinajstić information content (AvgIpc) is 2.74. The van der Waals surface area contributed by atoms with E-state index in [1.54, 1.807) is 0 Å². The molecule has 4 nitrogen and oxygen atoms in total. The van der Waals surface area contributed by atoms with Crippen LogP contribution in [-0.4, -0.2) is 60.0 Å². The summed E-state index contributed by atoms with van der Waals surface area (Å²) in [6.45, 7) is 5.25. The quantitative estimate of drug-likeness (QED) is 0.594. The minimum absolute atomic E-state index is 0.358. The molecule has 3 aliphatic rings. The van der Waals surface area contributed by atoms with E-state index in [9.17, 15) is 5.11 Å². The van der Waals surface area contributed by atoms with E-state index < -0.39 is 5.60 Å². The topological polar surface area (TPSA) is 55.7 Å². The number of likely N-dealkylation sites (tertiary alicyclic amines) is 1. The third-order valence-electron chi connectivity index (χ3n) is 4.71. The SMILES string of the molecule is OCC1C2CN(CC3(O)CCNCC3)CC12. The Bertz CT molecular complexity index is 254. The standard InChI is InChI=1S/C12H22N2O2/c15-7-11-9-5-14(6-10(9)11)8-12(16)1-3-13-4-2-12/h9-11,13,15-16H,1-8H2. The predicted octanol–water partition coefficient (Wildman–Crippen LogP) is -0.729. The molecule has 4 heteroatoms. The number of nitrogens with zero attached hydrogens (tertiary/aromatic N) is 1. The third kappa shape index (κ3) is 1.88. The van der Waals surface area contributed by atoms with Gasteiger partial charge >= 0.3 is 0 Å². The highest BCUT2D eigenvalue weighted by Gasteiger charge is 2.55. The summed E-state index contributed by atoms with van der Waals surface area (Å²) in [6, 6.07) is 0. The van der Waals surface area contributed by atoms with Crippen molar-refractivity contribution in [1.29, 1.82) is 0 Å². The molecule has 0 radical (unpaired) electrons. The van der Waals surface area contributed by atoms with Crippen LogP contribution in [0, 0.1) is 17.8 Å². The Balaban J connectivity index is 1.50.